The minimum Gasteiger partial charge on any atom is -0.474 e. The zero-order valence-corrected chi connectivity index (χ0v) is 25.0. The molecule has 0 spiro atoms. The molecule has 2 N–H and O–H groups in total. The van der Waals surface area contributed by atoms with Crippen LogP contribution in [0, 0.1) is 12.8 Å². The van der Waals surface area contributed by atoms with Gasteiger partial charge in [-0.25, -0.2) is 14.8 Å². The first-order chi connectivity index (χ1) is 21.0. The van der Waals surface area contributed by atoms with E-state index in [1.807, 2.05) is 52.1 Å². The molecule has 5 heterocycles. The molecular formula is C32H35F3N6O3. The Hall–Kier alpha value is -4.32. The maximum absolute atomic E-state index is 14.1. The number of rotatable bonds is 5. The molecule has 0 bridgehead atoms. The molecule has 6 rings (SSSR count). The lowest BCUT2D eigenvalue weighted by Gasteiger charge is -2.35. The van der Waals surface area contributed by atoms with Crippen molar-refractivity contribution in [3.63, 3.8) is 0 Å². The summed E-state index contributed by atoms with van der Waals surface area (Å²) in [5.41, 5.74) is 2.62. The molecule has 9 nitrogen and oxygen atoms in total. The highest BCUT2D eigenvalue weighted by atomic mass is 19.4. The highest BCUT2D eigenvalue weighted by molar-refractivity contribution is 5.90. The second-order valence-corrected chi connectivity index (χ2v) is 11.8. The Kier molecular flexibility index (Phi) is 7.87. The average molecular weight is 609 g/mol. The van der Waals surface area contributed by atoms with Gasteiger partial charge in [0.05, 0.1) is 23.3 Å². The molecule has 2 amide bonds. The Bertz CT molecular complexity index is 1690. The number of amides is 2. The third-order valence-electron chi connectivity index (χ3n) is 8.47. The molecule has 0 radical (unpaired) electrons. The number of hydrogen-bond donors (Lipinski definition) is 2. The van der Waals surface area contributed by atoms with Crippen LogP contribution in [-0.2, 0) is 12.6 Å². The van der Waals surface area contributed by atoms with Gasteiger partial charge in [-0.15, -0.1) is 0 Å². The van der Waals surface area contributed by atoms with Crippen LogP contribution in [-0.4, -0.2) is 63.6 Å². The molecule has 1 aromatic carbocycles. The SMILES string of the molecule is Cc1cc2c(Oc3ccc4c(c3)[C@H](C)N(C(=O)Nc3cnc(OC5CCN(C)CC5C)c(C(F)(F)F)c3)CC4)ccnc2[nH]1. The van der Waals surface area contributed by atoms with E-state index < -0.39 is 23.7 Å². The smallest absolute Gasteiger partial charge is 0.421 e. The Morgan fingerprint density at radius 3 is 2.70 bits per heavy atom. The number of halogens is 3. The van der Waals surface area contributed by atoms with Crippen molar-refractivity contribution in [2.45, 2.75) is 51.9 Å². The minimum absolute atomic E-state index is 0.0499. The van der Waals surface area contributed by atoms with Crippen LogP contribution in [0.2, 0.25) is 0 Å². The van der Waals surface area contributed by atoms with Crippen molar-refractivity contribution in [2.24, 2.45) is 5.92 Å². The summed E-state index contributed by atoms with van der Waals surface area (Å²) in [5, 5.41) is 3.49. The molecule has 0 saturated carbocycles. The number of carbonyl (C=O) groups excluding carboxylic acids is 1. The van der Waals surface area contributed by atoms with Gasteiger partial charge in [0.15, 0.2) is 0 Å². The van der Waals surface area contributed by atoms with Crippen molar-refractivity contribution >= 4 is 22.8 Å². The number of H-pyrrole nitrogens is 1. The van der Waals surface area contributed by atoms with Crippen molar-refractivity contribution in [1.29, 1.82) is 0 Å². The van der Waals surface area contributed by atoms with Crippen LogP contribution in [0.25, 0.3) is 11.0 Å². The van der Waals surface area contributed by atoms with Crippen LogP contribution in [0.15, 0.2) is 48.8 Å². The number of piperidine rings is 1. The van der Waals surface area contributed by atoms with Crippen molar-refractivity contribution < 1.29 is 27.4 Å². The maximum Gasteiger partial charge on any atom is 0.421 e. The molecule has 12 heteroatoms. The number of aromatic nitrogens is 3. The number of ether oxygens (including phenoxy) is 2. The van der Waals surface area contributed by atoms with E-state index in [0.717, 1.165) is 47.0 Å². The number of fused-ring (bicyclic) bond motifs is 2. The van der Waals surface area contributed by atoms with E-state index in [-0.39, 0.29) is 23.8 Å². The lowest BCUT2D eigenvalue weighted by molar-refractivity contribution is -0.140. The zero-order chi connectivity index (χ0) is 31.2. The molecule has 4 aromatic rings. The van der Waals surface area contributed by atoms with Gasteiger partial charge in [-0.1, -0.05) is 13.0 Å². The number of anilines is 1. The quantitative estimate of drug-likeness (QED) is 0.255. The van der Waals surface area contributed by atoms with Crippen LogP contribution in [0.1, 0.15) is 48.7 Å². The maximum atomic E-state index is 14.1. The molecule has 2 unspecified atom stereocenters. The van der Waals surface area contributed by atoms with Crippen molar-refractivity contribution in [3.8, 4) is 17.4 Å². The van der Waals surface area contributed by atoms with Crippen molar-refractivity contribution in [1.82, 2.24) is 24.8 Å². The van der Waals surface area contributed by atoms with Crippen LogP contribution >= 0.6 is 0 Å². The van der Waals surface area contributed by atoms with Gasteiger partial charge in [0.25, 0.3) is 0 Å². The first-order valence-corrected chi connectivity index (χ1v) is 14.7. The molecule has 3 aromatic heterocycles. The van der Waals surface area contributed by atoms with E-state index in [0.29, 0.717) is 30.9 Å². The first kappa shape index (κ1) is 29.7. The summed E-state index contributed by atoms with van der Waals surface area (Å²) >= 11 is 0. The molecule has 1 saturated heterocycles. The fourth-order valence-electron chi connectivity index (χ4n) is 6.15. The zero-order valence-electron chi connectivity index (χ0n) is 25.0. The van der Waals surface area contributed by atoms with Gasteiger partial charge in [-0.05, 0) is 75.2 Å². The number of nitrogens with zero attached hydrogens (tertiary/aromatic N) is 4. The fourth-order valence-corrected chi connectivity index (χ4v) is 6.15. The number of benzene rings is 1. The Morgan fingerprint density at radius 2 is 1.93 bits per heavy atom. The number of urea groups is 1. The monoisotopic (exact) mass is 608 g/mol. The molecule has 2 aliphatic heterocycles. The highest BCUT2D eigenvalue weighted by Crippen LogP contribution is 2.39. The number of likely N-dealkylation sites (tertiary alicyclic amines) is 1. The summed E-state index contributed by atoms with van der Waals surface area (Å²) in [6.07, 6.45) is -0.986. The number of carbonyl (C=O) groups is 1. The average Bonchev–Trinajstić information content (AvgIpc) is 3.36. The molecule has 3 atom stereocenters. The summed E-state index contributed by atoms with van der Waals surface area (Å²) in [5.74, 6) is 0.848. The van der Waals surface area contributed by atoms with E-state index in [1.165, 1.54) is 6.20 Å². The molecule has 1 fully saturated rings. The molecule has 44 heavy (non-hydrogen) atoms. The second kappa shape index (κ2) is 11.6. The van der Waals surface area contributed by atoms with Crippen LogP contribution in [0.3, 0.4) is 0 Å². The number of aryl methyl sites for hydroxylation is 1. The fraction of sp³-hybridized carbons (Fsp3) is 0.406. The highest BCUT2D eigenvalue weighted by Gasteiger charge is 2.38. The number of hydrogen-bond acceptors (Lipinski definition) is 6. The summed E-state index contributed by atoms with van der Waals surface area (Å²) in [6, 6.07) is 9.59. The van der Waals surface area contributed by atoms with Crippen LogP contribution < -0.4 is 14.8 Å². The van der Waals surface area contributed by atoms with E-state index in [1.54, 1.807) is 17.2 Å². The van der Waals surface area contributed by atoms with E-state index in [9.17, 15) is 18.0 Å². The predicted octanol–water partition coefficient (Wildman–Crippen LogP) is 6.95. The lowest BCUT2D eigenvalue weighted by Crippen LogP contribution is -2.42. The van der Waals surface area contributed by atoms with E-state index in [2.05, 4.69) is 25.2 Å². The standard InChI is InChI=1S/C32H35F3N6O3/c1-18-17-40(4)11-9-27(18)44-30-26(32(33,34)35)14-22(16-37-30)39-31(42)41-12-8-21-5-6-23(15-24(21)20(41)3)43-28-7-10-36-29-25(28)13-19(2)38-29/h5-7,10,13-16,18,20,27H,8-9,11-12,17H2,1-4H3,(H,36,38)(H,39,42)/t18?,20-,27?/m0/s1. The van der Waals surface area contributed by atoms with E-state index in [4.69, 9.17) is 9.47 Å². The topological polar surface area (TPSA) is 95.6 Å². The Labute approximate surface area is 253 Å². The van der Waals surface area contributed by atoms with Gasteiger partial charge < -0.3 is 29.6 Å². The summed E-state index contributed by atoms with van der Waals surface area (Å²) in [4.78, 5) is 28.7. The minimum atomic E-state index is -4.70. The van der Waals surface area contributed by atoms with Crippen LogP contribution in [0.4, 0.5) is 23.7 Å². The largest absolute Gasteiger partial charge is 0.474 e. The summed E-state index contributed by atoms with van der Waals surface area (Å²) < 4.78 is 54.2. The van der Waals surface area contributed by atoms with Crippen molar-refractivity contribution in [2.75, 3.05) is 32.0 Å². The third-order valence-corrected chi connectivity index (χ3v) is 8.47. The normalized spacial score (nSPS) is 20.8. The van der Waals surface area contributed by atoms with Gasteiger partial charge in [-0.2, -0.15) is 13.2 Å². The third kappa shape index (κ3) is 6.03. The van der Waals surface area contributed by atoms with Gasteiger partial charge in [0.1, 0.15) is 28.8 Å². The van der Waals surface area contributed by atoms with Gasteiger partial charge in [-0.3, -0.25) is 0 Å². The number of nitrogens with one attached hydrogen (secondary N) is 2. The number of pyridine rings is 2. The summed E-state index contributed by atoms with van der Waals surface area (Å²) in [6.45, 7) is 7.66. The summed E-state index contributed by atoms with van der Waals surface area (Å²) in [7, 11) is 1.97. The number of aromatic amines is 1. The Morgan fingerprint density at radius 1 is 1.11 bits per heavy atom. The molecule has 232 valence electrons. The van der Waals surface area contributed by atoms with Crippen LogP contribution in [0.5, 0.6) is 17.4 Å². The van der Waals surface area contributed by atoms with Crippen molar-refractivity contribution in [3.05, 3.63) is 71.2 Å². The first-order valence-electron chi connectivity index (χ1n) is 14.7. The van der Waals surface area contributed by atoms with Gasteiger partial charge in [0.2, 0.25) is 5.88 Å². The second-order valence-electron chi connectivity index (χ2n) is 11.8. The Balaban J connectivity index is 1.18. The van der Waals surface area contributed by atoms with Gasteiger partial charge >= 0.3 is 12.2 Å². The molecule has 2 aliphatic rings. The lowest BCUT2D eigenvalue weighted by atomic mass is 9.93. The van der Waals surface area contributed by atoms with Gasteiger partial charge in [0, 0.05) is 37.4 Å². The predicted molar refractivity (Wildman–Crippen MR) is 160 cm³/mol. The molecular weight excluding hydrogens is 573 g/mol. The molecule has 0 aliphatic carbocycles. The number of alkyl halides is 3. The van der Waals surface area contributed by atoms with E-state index >= 15 is 0 Å².